The molecule has 0 aliphatic carbocycles. The van der Waals surface area contributed by atoms with Crippen molar-refractivity contribution >= 4 is 5.69 Å². The largest absolute Gasteiger partial charge is 0.508 e. The molecule has 0 amide bonds. The first kappa shape index (κ1) is 9.86. The number of nitrogens with zero attached hydrogens (tertiary/aromatic N) is 1. The smallest absolute Gasteiger partial charge is 0.120 e. The van der Waals surface area contributed by atoms with Gasteiger partial charge in [0, 0.05) is 17.3 Å². The van der Waals surface area contributed by atoms with Crippen molar-refractivity contribution in [2.45, 2.75) is 13.0 Å². The van der Waals surface area contributed by atoms with E-state index in [1.54, 1.807) is 18.2 Å². The summed E-state index contributed by atoms with van der Waals surface area (Å²) in [7, 11) is 3.93. The second-order valence-corrected chi connectivity index (χ2v) is 3.46. The number of benzene rings is 1. The Bertz CT molecular complexity index is 297. The Hall–Kier alpha value is -1.22. The molecule has 0 bridgehead atoms. The lowest BCUT2D eigenvalue weighted by Crippen LogP contribution is -2.16. The van der Waals surface area contributed by atoms with Crippen molar-refractivity contribution in [3.63, 3.8) is 0 Å². The van der Waals surface area contributed by atoms with E-state index in [4.69, 9.17) is 5.73 Å². The lowest BCUT2D eigenvalue weighted by Gasteiger charge is -2.21. The summed E-state index contributed by atoms with van der Waals surface area (Å²) >= 11 is 0. The Morgan fingerprint density at radius 2 is 2.00 bits per heavy atom. The van der Waals surface area contributed by atoms with Gasteiger partial charge < -0.3 is 15.7 Å². The minimum atomic E-state index is 0.170. The standard InChI is InChI=1S/C10H16N2O/c1-7(12(2)3)9-6-8(11)4-5-10(9)13/h4-7,13H,11H2,1-3H3. The fraction of sp³-hybridized carbons (Fsp3) is 0.400. The van der Waals surface area contributed by atoms with Crippen LogP contribution in [-0.2, 0) is 0 Å². The Morgan fingerprint density at radius 3 is 2.54 bits per heavy atom. The van der Waals surface area contributed by atoms with E-state index in [9.17, 15) is 5.11 Å². The molecular formula is C10H16N2O. The second kappa shape index (κ2) is 3.66. The van der Waals surface area contributed by atoms with Gasteiger partial charge >= 0.3 is 0 Å². The van der Waals surface area contributed by atoms with E-state index < -0.39 is 0 Å². The van der Waals surface area contributed by atoms with Crippen molar-refractivity contribution in [1.29, 1.82) is 0 Å². The second-order valence-electron chi connectivity index (χ2n) is 3.46. The van der Waals surface area contributed by atoms with Crippen molar-refractivity contribution in [2.75, 3.05) is 19.8 Å². The van der Waals surface area contributed by atoms with Crippen molar-refractivity contribution in [1.82, 2.24) is 4.90 Å². The molecule has 3 nitrogen and oxygen atoms in total. The maximum absolute atomic E-state index is 9.57. The van der Waals surface area contributed by atoms with Crippen LogP contribution >= 0.6 is 0 Å². The average Bonchev–Trinajstić information content (AvgIpc) is 2.08. The van der Waals surface area contributed by atoms with Crippen molar-refractivity contribution in [3.8, 4) is 5.75 Å². The van der Waals surface area contributed by atoms with E-state index in [1.807, 2.05) is 25.9 Å². The van der Waals surface area contributed by atoms with Gasteiger partial charge in [0.1, 0.15) is 5.75 Å². The van der Waals surface area contributed by atoms with Crippen LogP contribution in [0, 0.1) is 0 Å². The number of hydrogen-bond donors (Lipinski definition) is 2. The van der Waals surface area contributed by atoms with Gasteiger partial charge in [0.2, 0.25) is 0 Å². The summed E-state index contributed by atoms with van der Waals surface area (Å²) in [6.07, 6.45) is 0. The van der Waals surface area contributed by atoms with Gasteiger partial charge in [-0.3, -0.25) is 0 Å². The van der Waals surface area contributed by atoms with E-state index >= 15 is 0 Å². The maximum Gasteiger partial charge on any atom is 0.120 e. The molecule has 0 saturated heterocycles. The lowest BCUT2D eigenvalue weighted by atomic mass is 10.1. The average molecular weight is 180 g/mol. The monoisotopic (exact) mass is 180 g/mol. The Labute approximate surface area is 78.8 Å². The summed E-state index contributed by atoms with van der Waals surface area (Å²) in [6.45, 7) is 2.02. The van der Waals surface area contributed by atoms with Crippen molar-refractivity contribution in [2.24, 2.45) is 0 Å². The van der Waals surface area contributed by atoms with Crippen LogP contribution in [0.25, 0.3) is 0 Å². The molecule has 13 heavy (non-hydrogen) atoms. The molecular weight excluding hydrogens is 164 g/mol. The highest BCUT2D eigenvalue weighted by Gasteiger charge is 2.11. The van der Waals surface area contributed by atoms with E-state index in [0.717, 1.165) is 5.56 Å². The number of rotatable bonds is 2. The molecule has 3 N–H and O–H groups in total. The zero-order chi connectivity index (χ0) is 10.0. The highest BCUT2D eigenvalue weighted by Crippen LogP contribution is 2.28. The topological polar surface area (TPSA) is 49.5 Å². The number of phenolic OH excluding ortho intramolecular Hbond substituents is 1. The molecule has 0 aliphatic rings. The molecule has 1 unspecified atom stereocenters. The van der Waals surface area contributed by atoms with Crippen molar-refractivity contribution < 1.29 is 5.11 Å². The molecule has 3 heteroatoms. The maximum atomic E-state index is 9.57. The summed E-state index contributed by atoms with van der Waals surface area (Å²) in [5, 5.41) is 9.57. The highest BCUT2D eigenvalue weighted by atomic mass is 16.3. The molecule has 0 saturated carbocycles. The Kier molecular flexibility index (Phi) is 2.78. The molecule has 72 valence electrons. The van der Waals surface area contributed by atoms with Crippen LogP contribution in [0.1, 0.15) is 18.5 Å². The van der Waals surface area contributed by atoms with Crippen LogP contribution in [0.3, 0.4) is 0 Å². The molecule has 0 radical (unpaired) electrons. The number of nitrogens with two attached hydrogens (primary N) is 1. The van der Waals surface area contributed by atoms with Crippen LogP contribution < -0.4 is 5.73 Å². The third-order valence-electron chi connectivity index (χ3n) is 2.28. The molecule has 1 aromatic rings. The normalized spacial score (nSPS) is 13.2. The quantitative estimate of drug-likeness (QED) is 0.537. The third kappa shape index (κ3) is 2.12. The van der Waals surface area contributed by atoms with Gasteiger partial charge in [0.25, 0.3) is 0 Å². The zero-order valence-electron chi connectivity index (χ0n) is 8.28. The van der Waals surface area contributed by atoms with Gasteiger partial charge in [0.15, 0.2) is 0 Å². The third-order valence-corrected chi connectivity index (χ3v) is 2.28. The predicted octanol–water partition coefficient (Wildman–Crippen LogP) is 1.60. The minimum absolute atomic E-state index is 0.170. The van der Waals surface area contributed by atoms with Gasteiger partial charge in [-0.2, -0.15) is 0 Å². The number of aromatic hydroxyl groups is 1. The molecule has 1 rings (SSSR count). The summed E-state index contributed by atoms with van der Waals surface area (Å²) in [6, 6.07) is 5.30. The lowest BCUT2D eigenvalue weighted by molar-refractivity contribution is 0.312. The minimum Gasteiger partial charge on any atom is -0.508 e. The van der Waals surface area contributed by atoms with Crippen LogP contribution in [0.4, 0.5) is 5.69 Å². The summed E-state index contributed by atoms with van der Waals surface area (Å²) < 4.78 is 0. The number of hydrogen-bond acceptors (Lipinski definition) is 3. The van der Waals surface area contributed by atoms with Gasteiger partial charge in [-0.25, -0.2) is 0 Å². The van der Waals surface area contributed by atoms with Crippen molar-refractivity contribution in [3.05, 3.63) is 23.8 Å². The SMILES string of the molecule is CC(c1cc(N)ccc1O)N(C)C. The number of phenols is 1. The molecule has 0 heterocycles. The summed E-state index contributed by atoms with van der Waals surface area (Å²) in [4.78, 5) is 2.02. The van der Waals surface area contributed by atoms with Gasteiger partial charge in [-0.05, 0) is 39.2 Å². The molecule has 0 fully saturated rings. The van der Waals surface area contributed by atoms with Crippen LogP contribution in [-0.4, -0.2) is 24.1 Å². The first-order valence-electron chi connectivity index (χ1n) is 4.27. The molecule has 1 aromatic carbocycles. The Morgan fingerprint density at radius 1 is 1.38 bits per heavy atom. The fourth-order valence-electron chi connectivity index (χ4n) is 1.19. The van der Waals surface area contributed by atoms with Crippen LogP contribution in [0.2, 0.25) is 0 Å². The summed E-state index contributed by atoms with van der Waals surface area (Å²) in [5.74, 6) is 0.301. The zero-order valence-corrected chi connectivity index (χ0v) is 8.28. The Balaban J connectivity index is 3.05. The predicted molar refractivity (Wildman–Crippen MR) is 54.6 cm³/mol. The first-order valence-corrected chi connectivity index (χ1v) is 4.27. The van der Waals surface area contributed by atoms with Gasteiger partial charge in [-0.15, -0.1) is 0 Å². The summed E-state index contributed by atoms with van der Waals surface area (Å²) in [5.41, 5.74) is 7.18. The van der Waals surface area contributed by atoms with E-state index in [1.165, 1.54) is 0 Å². The molecule has 0 spiro atoms. The highest BCUT2D eigenvalue weighted by molar-refractivity contribution is 5.48. The van der Waals surface area contributed by atoms with Gasteiger partial charge in [0.05, 0.1) is 0 Å². The fourth-order valence-corrected chi connectivity index (χ4v) is 1.19. The van der Waals surface area contributed by atoms with Gasteiger partial charge in [-0.1, -0.05) is 0 Å². The molecule has 0 aliphatic heterocycles. The van der Waals surface area contributed by atoms with Crippen LogP contribution in [0.5, 0.6) is 5.75 Å². The van der Waals surface area contributed by atoms with E-state index in [0.29, 0.717) is 11.4 Å². The number of nitrogen functional groups attached to an aromatic ring is 1. The number of anilines is 1. The van der Waals surface area contributed by atoms with E-state index in [2.05, 4.69) is 0 Å². The molecule has 0 aromatic heterocycles. The van der Waals surface area contributed by atoms with Crippen LogP contribution in [0.15, 0.2) is 18.2 Å². The molecule has 1 atom stereocenters. The first-order chi connectivity index (χ1) is 6.02. The van der Waals surface area contributed by atoms with E-state index in [-0.39, 0.29) is 6.04 Å².